The summed E-state index contributed by atoms with van der Waals surface area (Å²) in [6.45, 7) is 7.40. The van der Waals surface area contributed by atoms with Crippen molar-refractivity contribution in [2.24, 2.45) is 17.6 Å². The highest BCUT2D eigenvalue weighted by atomic mass is 35.5. The fourth-order valence-electron chi connectivity index (χ4n) is 4.99. The molecule has 1 aliphatic rings. The number of nitrogens with two attached hydrogens (primary N) is 1. The zero-order valence-electron chi connectivity index (χ0n) is 21.9. The SMILES string of the molecule is CC[C@H](C)[C@H](NC(=O)O)C(=O)N[C@]1(C(=O)N[C@@H](CC(C)C)C(N)=O)CCc2[nH]c3c(Cl)cc(Cl)cc3c2C1. The molecule has 0 unspecified atom stereocenters. The van der Waals surface area contributed by atoms with Crippen molar-refractivity contribution in [3.8, 4) is 0 Å². The summed E-state index contributed by atoms with van der Waals surface area (Å²) in [5.74, 6) is -2.14. The van der Waals surface area contributed by atoms with Crippen LogP contribution in [0.15, 0.2) is 12.1 Å². The Hall–Kier alpha value is -2.98. The second-order valence-corrected chi connectivity index (χ2v) is 11.4. The summed E-state index contributed by atoms with van der Waals surface area (Å²) in [7, 11) is 0. The number of hydrogen-bond acceptors (Lipinski definition) is 4. The van der Waals surface area contributed by atoms with Crippen LogP contribution in [0.2, 0.25) is 10.0 Å². The molecule has 0 spiro atoms. The first-order valence-electron chi connectivity index (χ1n) is 12.7. The maximum atomic E-state index is 13.9. The summed E-state index contributed by atoms with van der Waals surface area (Å²) in [6.07, 6.45) is 0.163. The van der Waals surface area contributed by atoms with E-state index in [0.717, 1.165) is 16.6 Å². The van der Waals surface area contributed by atoms with Gasteiger partial charge in [-0.3, -0.25) is 14.4 Å². The Balaban J connectivity index is 2.06. The van der Waals surface area contributed by atoms with Crippen molar-refractivity contribution in [3.63, 3.8) is 0 Å². The highest BCUT2D eigenvalue weighted by Gasteiger charge is 2.46. The number of hydrogen-bond donors (Lipinski definition) is 6. The molecule has 1 aromatic carbocycles. The van der Waals surface area contributed by atoms with E-state index in [1.807, 2.05) is 20.8 Å². The third-order valence-corrected chi connectivity index (χ3v) is 7.74. The monoisotopic (exact) mass is 567 g/mol. The van der Waals surface area contributed by atoms with Crippen molar-refractivity contribution in [2.75, 3.05) is 0 Å². The molecule has 0 aliphatic heterocycles. The highest BCUT2D eigenvalue weighted by molar-refractivity contribution is 6.38. The van der Waals surface area contributed by atoms with Crippen LogP contribution in [0, 0.1) is 11.8 Å². The minimum atomic E-state index is -1.48. The molecule has 3 rings (SSSR count). The molecule has 7 N–H and O–H groups in total. The van der Waals surface area contributed by atoms with Gasteiger partial charge < -0.3 is 31.8 Å². The van der Waals surface area contributed by atoms with Gasteiger partial charge in [-0.05, 0) is 48.8 Å². The molecule has 2 aromatic rings. The molecule has 208 valence electrons. The number of carboxylic acid groups (broad SMARTS) is 1. The lowest BCUT2D eigenvalue weighted by Gasteiger charge is -2.39. The lowest BCUT2D eigenvalue weighted by molar-refractivity contribution is -0.137. The van der Waals surface area contributed by atoms with Crippen LogP contribution < -0.4 is 21.7 Å². The second-order valence-electron chi connectivity index (χ2n) is 10.5. The number of carbonyl (C=O) groups is 4. The largest absolute Gasteiger partial charge is 0.465 e. The molecule has 38 heavy (non-hydrogen) atoms. The molecule has 0 saturated heterocycles. The van der Waals surface area contributed by atoms with Gasteiger partial charge in [0.15, 0.2) is 0 Å². The van der Waals surface area contributed by atoms with Crippen LogP contribution in [0.5, 0.6) is 0 Å². The van der Waals surface area contributed by atoms with Crippen molar-refractivity contribution in [2.45, 2.75) is 77.4 Å². The van der Waals surface area contributed by atoms with Crippen LogP contribution in [0.25, 0.3) is 10.9 Å². The quantitative estimate of drug-likeness (QED) is 0.258. The maximum Gasteiger partial charge on any atom is 0.405 e. The lowest BCUT2D eigenvalue weighted by atomic mass is 9.78. The third-order valence-electron chi connectivity index (χ3n) is 7.23. The van der Waals surface area contributed by atoms with Gasteiger partial charge in [0, 0.05) is 22.5 Å². The predicted octanol–water partition coefficient (Wildman–Crippen LogP) is 3.52. The number of aryl methyl sites for hydroxylation is 1. The molecule has 12 heteroatoms. The zero-order valence-corrected chi connectivity index (χ0v) is 23.4. The van der Waals surface area contributed by atoms with E-state index < -0.39 is 41.4 Å². The fraction of sp³-hybridized carbons (Fsp3) is 0.538. The smallest absolute Gasteiger partial charge is 0.405 e. The highest BCUT2D eigenvalue weighted by Crippen LogP contribution is 2.38. The second kappa shape index (κ2) is 11.8. The molecular weight excluding hydrogens is 533 g/mol. The average Bonchev–Trinajstić information content (AvgIpc) is 3.19. The van der Waals surface area contributed by atoms with Crippen LogP contribution in [0.4, 0.5) is 4.79 Å². The minimum Gasteiger partial charge on any atom is -0.465 e. The number of nitrogens with one attached hydrogen (secondary N) is 4. The Morgan fingerprint density at radius 3 is 2.42 bits per heavy atom. The molecule has 1 heterocycles. The normalized spacial score (nSPS) is 19.3. The summed E-state index contributed by atoms with van der Waals surface area (Å²) < 4.78 is 0. The zero-order chi connectivity index (χ0) is 28.4. The molecular formula is C26H35Cl2N5O5. The number of aromatic nitrogens is 1. The molecule has 1 aliphatic carbocycles. The molecule has 0 radical (unpaired) electrons. The van der Waals surface area contributed by atoms with Crippen LogP contribution in [0.3, 0.4) is 0 Å². The van der Waals surface area contributed by atoms with E-state index in [1.54, 1.807) is 19.1 Å². The number of H-pyrrole nitrogens is 1. The van der Waals surface area contributed by atoms with Crippen molar-refractivity contribution in [1.29, 1.82) is 0 Å². The van der Waals surface area contributed by atoms with Crippen LogP contribution in [-0.2, 0) is 27.2 Å². The number of amides is 4. The van der Waals surface area contributed by atoms with Crippen molar-refractivity contribution in [3.05, 3.63) is 33.4 Å². The first kappa shape index (κ1) is 29.6. The minimum absolute atomic E-state index is 0.0729. The summed E-state index contributed by atoms with van der Waals surface area (Å²) in [5.41, 5.74) is 6.39. The van der Waals surface area contributed by atoms with E-state index in [9.17, 15) is 24.3 Å². The van der Waals surface area contributed by atoms with Gasteiger partial charge in [0.1, 0.15) is 17.6 Å². The summed E-state index contributed by atoms with van der Waals surface area (Å²) in [5, 5.41) is 18.8. The van der Waals surface area contributed by atoms with Crippen LogP contribution in [-0.4, -0.2) is 51.5 Å². The van der Waals surface area contributed by atoms with E-state index in [4.69, 9.17) is 28.9 Å². The van der Waals surface area contributed by atoms with Crippen molar-refractivity contribution in [1.82, 2.24) is 20.9 Å². The molecule has 0 fully saturated rings. The number of fused-ring (bicyclic) bond motifs is 3. The molecule has 0 bridgehead atoms. The fourth-order valence-corrected chi connectivity index (χ4v) is 5.53. The van der Waals surface area contributed by atoms with Gasteiger partial charge in [0.05, 0.1) is 10.5 Å². The van der Waals surface area contributed by atoms with Gasteiger partial charge in [-0.1, -0.05) is 57.3 Å². The number of halogens is 2. The number of benzene rings is 1. The van der Waals surface area contributed by atoms with E-state index in [-0.39, 0.29) is 24.7 Å². The molecule has 1 aromatic heterocycles. The van der Waals surface area contributed by atoms with Gasteiger partial charge in [0.2, 0.25) is 17.7 Å². The Kier molecular flexibility index (Phi) is 9.20. The summed E-state index contributed by atoms with van der Waals surface area (Å²) >= 11 is 12.7. The van der Waals surface area contributed by atoms with Crippen LogP contribution >= 0.6 is 23.2 Å². The van der Waals surface area contributed by atoms with Crippen LogP contribution in [0.1, 0.15) is 58.2 Å². The Morgan fingerprint density at radius 2 is 1.84 bits per heavy atom. The molecule has 4 amide bonds. The molecule has 0 saturated carbocycles. The number of aromatic amines is 1. The van der Waals surface area contributed by atoms with E-state index in [2.05, 4.69) is 20.9 Å². The first-order valence-corrected chi connectivity index (χ1v) is 13.4. The first-order chi connectivity index (χ1) is 17.8. The Morgan fingerprint density at radius 1 is 1.16 bits per heavy atom. The van der Waals surface area contributed by atoms with Gasteiger partial charge in [0.25, 0.3) is 0 Å². The van der Waals surface area contributed by atoms with Gasteiger partial charge in [-0.2, -0.15) is 0 Å². The van der Waals surface area contributed by atoms with Crippen molar-refractivity contribution >= 4 is 57.9 Å². The molecule has 4 atom stereocenters. The van der Waals surface area contributed by atoms with Gasteiger partial charge in [-0.15, -0.1) is 0 Å². The van der Waals surface area contributed by atoms with E-state index >= 15 is 0 Å². The number of carbonyl (C=O) groups excluding carboxylic acids is 3. The van der Waals surface area contributed by atoms with Gasteiger partial charge >= 0.3 is 6.09 Å². The topological polar surface area (TPSA) is 166 Å². The summed E-state index contributed by atoms with van der Waals surface area (Å²) in [4.78, 5) is 54.3. The third kappa shape index (κ3) is 6.35. The maximum absolute atomic E-state index is 13.9. The lowest BCUT2D eigenvalue weighted by Crippen LogP contribution is -2.66. The number of rotatable bonds is 10. The standard InChI is InChI=1S/C26H35Cl2N5O5/c1-5-13(4)20(32-25(37)38)23(35)33-26(24(36)31-19(22(29)34)8-12(2)3)7-6-18-16(11-26)15-9-14(27)10-17(28)21(15)30-18/h9-10,12-13,19-20,30,32H,5-8,11H2,1-4H3,(H2,29,34)(H,31,36)(H,33,35)(H,37,38)/t13-,19-,20-,26+/m0/s1. The Bertz CT molecular complexity index is 1250. The van der Waals surface area contributed by atoms with Gasteiger partial charge in [-0.25, -0.2) is 4.79 Å². The van der Waals surface area contributed by atoms with E-state index in [0.29, 0.717) is 34.8 Å². The predicted molar refractivity (Wildman–Crippen MR) is 146 cm³/mol. The average molecular weight is 569 g/mol. The van der Waals surface area contributed by atoms with E-state index in [1.165, 1.54) is 0 Å². The summed E-state index contributed by atoms with van der Waals surface area (Å²) in [6, 6.07) is 1.34. The molecule has 10 nitrogen and oxygen atoms in total. The Labute approximate surface area is 231 Å². The van der Waals surface area contributed by atoms with Crippen molar-refractivity contribution < 1.29 is 24.3 Å². The number of primary amides is 1.